The molecular weight excluding hydrogens is 470 g/mol. The van der Waals surface area contributed by atoms with Gasteiger partial charge >= 0.3 is 0 Å². The van der Waals surface area contributed by atoms with Gasteiger partial charge in [0, 0.05) is 23.0 Å². The van der Waals surface area contributed by atoms with Crippen molar-refractivity contribution < 1.29 is 9.18 Å². The summed E-state index contributed by atoms with van der Waals surface area (Å²) in [5.74, 6) is -1.16. The first-order chi connectivity index (χ1) is 15.8. The van der Waals surface area contributed by atoms with E-state index >= 15 is 0 Å². The van der Waals surface area contributed by atoms with Crippen molar-refractivity contribution in [1.29, 1.82) is 0 Å². The van der Waals surface area contributed by atoms with Crippen molar-refractivity contribution in [1.82, 2.24) is 20.1 Å². The van der Waals surface area contributed by atoms with E-state index in [0.717, 1.165) is 25.9 Å². The maximum atomic E-state index is 13.9. The number of piperidine rings is 1. The summed E-state index contributed by atoms with van der Waals surface area (Å²) < 4.78 is 15.7. The molecule has 1 atom stereocenters. The number of halogens is 3. The van der Waals surface area contributed by atoms with E-state index in [2.05, 4.69) is 26.0 Å². The number of anilines is 2. The Morgan fingerprint density at radius 2 is 2.03 bits per heavy atom. The zero-order chi connectivity index (χ0) is 23.5. The van der Waals surface area contributed by atoms with E-state index < -0.39 is 23.3 Å². The molecule has 0 radical (unpaired) electrons. The van der Waals surface area contributed by atoms with E-state index in [-0.39, 0.29) is 16.6 Å². The van der Waals surface area contributed by atoms with E-state index in [4.69, 9.17) is 23.2 Å². The van der Waals surface area contributed by atoms with Crippen LogP contribution in [0.3, 0.4) is 0 Å². The number of nitrogens with zero attached hydrogens (tertiary/aromatic N) is 2. The lowest BCUT2D eigenvalue weighted by atomic mass is 10.1. The number of amides is 1. The lowest BCUT2D eigenvalue weighted by Gasteiger charge is -2.22. The molecular formula is C22H23Cl2FN6O2. The summed E-state index contributed by atoms with van der Waals surface area (Å²) in [6.07, 6.45) is 6.66. The van der Waals surface area contributed by atoms with Gasteiger partial charge in [0.25, 0.3) is 11.5 Å². The molecule has 1 aliphatic rings. The predicted octanol–water partition coefficient (Wildman–Crippen LogP) is 4.37. The molecule has 0 spiro atoms. The predicted molar refractivity (Wildman–Crippen MR) is 127 cm³/mol. The minimum absolute atomic E-state index is 0.0850. The lowest BCUT2D eigenvalue weighted by Crippen LogP contribution is -2.29. The molecule has 4 rings (SSSR count). The van der Waals surface area contributed by atoms with Crippen LogP contribution in [-0.2, 0) is 0 Å². The number of aromatic amines is 1. The molecule has 2 aromatic heterocycles. The van der Waals surface area contributed by atoms with Crippen LogP contribution in [-0.4, -0.2) is 33.8 Å². The molecule has 0 unspecified atom stereocenters. The van der Waals surface area contributed by atoms with Crippen LogP contribution < -0.4 is 21.5 Å². The van der Waals surface area contributed by atoms with Gasteiger partial charge < -0.3 is 20.9 Å². The number of carbonyl (C=O) groups is 1. The van der Waals surface area contributed by atoms with Crippen LogP contribution in [0.4, 0.5) is 15.8 Å². The van der Waals surface area contributed by atoms with Gasteiger partial charge in [-0.15, -0.1) is 0 Å². The first-order valence-electron chi connectivity index (χ1n) is 10.5. The van der Waals surface area contributed by atoms with Gasteiger partial charge in [-0.2, -0.15) is 5.10 Å². The number of H-pyrrole nitrogens is 1. The van der Waals surface area contributed by atoms with Crippen molar-refractivity contribution in [2.24, 2.45) is 0 Å². The van der Waals surface area contributed by atoms with Crippen LogP contribution in [0.1, 0.15) is 47.8 Å². The molecule has 3 heterocycles. The van der Waals surface area contributed by atoms with Crippen molar-refractivity contribution in [3.63, 3.8) is 0 Å². The van der Waals surface area contributed by atoms with Crippen LogP contribution in [0.25, 0.3) is 0 Å². The Balaban J connectivity index is 1.49. The maximum absolute atomic E-state index is 13.9. The normalized spacial score (nSPS) is 15.3. The molecule has 0 bridgehead atoms. The number of hydrogen-bond donors (Lipinski definition) is 4. The fraction of sp³-hybridized carbons (Fsp3) is 0.318. The van der Waals surface area contributed by atoms with Gasteiger partial charge in [-0.1, -0.05) is 23.2 Å². The SMILES string of the molecule is C[C@@H](Nc1c[nH]c(=O)c(C(=O)Nc2cnn(C3CCNCC3)c2)c1)c1c(Cl)ccc(F)c1Cl. The van der Waals surface area contributed by atoms with Gasteiger partial charge in [0.2, 0.25) is 0 Å². The van der Waals surface area contributed by atoms with E-state index in [1.807, 2.05) is 4.68 Å². The Morgan fingerprint density at radius 3 is 2.79 bits per heavy atom. The zero-order valence-electron chi connectivity index (χ0n) is 17.8. The summed E-state index contributed by atoms with van der Waals surface area (Å²) in [6, 6.07) is 3.81. The van der Waals surface area contributed by atoms with E-state index in [1.54, 1.807) is 19.3 Å². The Labute approximate surface area is 199 Å². The van der Waals surface area contributed by atoms with Gasteiger partial charge in [-0.3, -0.25) is 14.3 Å². The van der Waals surface area contributed by atoms with Crippen molar-refractivity contribution in [2.45, 2.75) is 31.8 Å². The Bertz CT molecular complexity index is 1220. The molecule has 8 nitrogen and oxygen atoms in total. The highest BCUT2D eigenvalue weighted by Gasteiger charge is 2.20. The van der Waals surface area contributed by atoms with Crippen LogP contribution in [0.15, 0.2) is 41.6 Å². The topological polar surface area (TPSA) is 104 Å². The minimum atomic E-state index is -0.587. The highest BCUT2D eigenvalue weighted by Crippen LogP contribution is 2.34. The smallest absolute Gasteiger partial charge is 0.261 e. The average Bonchev–Trinajstić information content (AvgIpc) is 3.27. The second-order valence-corrected chi connectivity index (χ2v) is 8.68. The van der Waals surface area contributed by atoms with E-state index in [0.29, 0.717) is 22.0 Å². The second kappa shape index (κ2) is 9.94. The molecule has 3 aromatic rings. The third-order valence-electron chi connectivity index (χ3n) is 5.59. The molecule has 1 aromatic carbocycles. The molecule has 0 saturated carbocycles. The Morgan fingerprint density at radius 1 is 1.27 bits per heavy atom. The van der Waals surface area contributed by atoms with Gasteiger partial charge in [0.15, 0.2) is 0 Å². The van der Waals surface area contributed by atoms with Gasteiger partial charge in [-0.05, 0) is 51.1 Å². The summed E-state index contributed by atoms with van der Waals surface area (Å²) in [5, 5.41) is 13.7. The number of rotatable bonds is 6. The minimum Gasteiger partial charge on any atom is -0.377 e. The Hall–Kier alpha value is -2.88. The third kappa shape index (κ3) is 5.21. The largest absolute Gasteiger partial charge is 0.377 e. The molecule has 1 aliphatic heterocycles. The standard InChI is InChI=1S/C22H23Cl2FN6O2/c1-12(19-17(23)2-3-18(25)20(19)24)29-13-8-16(21(32)27-9-13)22(33)30-14-10-28-31(11-14)15-4-6-26-7-5-15/h2-3,8-12,15,26,29H,4-7H2,1H3,(H,27,32)(H,30,33)/t12-/m1/s1. The van der Waals surface area contributed by atoms with Crippen molar-refractivity contribution >= 4 is 40.5 Å². The molecule has 1 fully saturated rings. The van der Waals surface area contributed by atoms with Crippen molar-refractivity contribution in [3.05, 3.63) is 74.1 Å². The number of benzene rings is 1. The van der Waals surface area contributed by atoms with Crippen LogP contribution in [0.2, 0.25) is 10.0 Å². The maximum Gasteiger partial charge on any atom is 0.261 e. The quantitative estimate of drug-likeness (QED) is 0.382. The van der Waals surface area contributed by atoms with Gasteiger partial charge in [-0.25, -0.2) is 4.39 Å². The monoisotopic (exact) mass is 492 g/mol. The lowest BCUT2D eigenvalue weighted by molar-refractivity contribution is 0.102. The number of carbonyl (C=O) groups excluding carboxylic acids is 1. The van der Waals surface area contributed by atoms with E-state index in [1.165, 1.54) is 24.4 Å². The highest BCUT2D eigenvalue weighted by molar-refractivity contribution is 6.36. The number of nitrogens with one attached hydrogen (secondary N) is 4. The van der Waals surface area contributed by atoms with Crippen LogP contribution in [0.5, 0.6) is 0 Å². The number of hydrogen-bond acceptors (Lipinski definition) is 5. The average molecular weight is 493 g/mol. The first-order valence-corrected chi connectivity index (χ1v) is 11.3. The molecule has 0 aliphatic carbocycles. The van der Waals surface area contributed by atoms with Crippen molar-refractivity contribution in [2.75, 3.05) is 23.7 Å². The first kappa shape index (κ1) is 23.3. The highest BCUT2D eigenvalue weighted by atomic mass is 35.5. The van der Waals surface area contributed by atoms with Crippen LogP contribution >= 0.6 is 23.2 Å². The Kier molecular flexibility index (Phi) is 7.02. The zero-order valence-corrected chi connectivity index (χ0v) is 19.3. The second-order valence-electron chi connectivity index (χ2n) is 7.90. The summed E-state index contributed by atoms with van der Waals surface area (Å²) in [7, 11) is 0. The number of aromatic nitrogens is 3. The van der Waals surface area contributed by atoms with Gasteiger partial charge in [0.05, 0.1) is 34.7 Å². The van der Waals surface area contributed by atoms with Crippen LogP contribution in [0, 0.1) is 5.82 Å². The number of pyridine rings is 1. The summed E-state index contributed by atoms with van der Waals surface area (Å²) in [5.41, 5.74) is 0.689. The molecule has 4 N–H and O–H groups in total. The summed E-state index contributed by atoms with van der Waals surface area (Å²) in [4.78, 5) is 27.6. The van der Waals surface area contributed by atoms with Gasteiger partial charge in [0.1, 0.15) is 11.4 Å². The van der Waals surface area contributed by atoms with Crippen molar-refractivity contribution in [3.8, 4) is 0 Å². The fourth-order valence-corrected chi connectivity index (χ4v) is 4.57. The molecule has 11 heteroatoms. The fourth-order valence-electron chi connectivity index (χ4n) is 3.87. The molecule has 33 heavy (non-hydrogen) atoms. The third-order valence-corrected chi connectivity index (χ3v) is 6.30. The molecule has 174 valence electrons. The summed E-state index contributed by atoms with van der Waals surface area (Å²) >= 11 is 12.3. The molecule has 1 amide bonds. The van der Waals surface area contributed by atoms with E-state index in [9.17, 15) is 14.0 Å². The summed E-state index contributed by atoms with van der Waals surface area (Å²) in [6.45, 7) is 3.59. The molecule has 1 saturated heterocycles.